The Morgan fingerprint density at radius 1 is 0.833 bits per heavy atom. The summed E-state index contributed by atoms with van der Waals surface area (Å²) in [6, 6.07) is 28.5. The van der Waals surface area contributed by atoms with Gasteiger partial charge in [0.05, 0.1) is 43.1 Å². The van der Waals surface area contributed by atoms with Crippen molar-refractivity contribution in [1.82, 2.24) is 15.1 Å². The molecule has 2 aliphatic heterocycles. The first-order valence-electron chi connectivity index (χ1n) is 17.4. The molecule has 2 aliphatic rings. The number of aliphatic hydroxyl groups is 2. The van der Waals surface area contributed by atoms with Gasteiger partial charge in [-0.15, -0.1) is 0 Å². The molecular weight excluding hydrogens is 598 g/mol. The lowest BCUT2D eigenvalue weighted by Crippen LogP contribution is -2.53. The molecule has 3 aromatic carbocycles. The van der Waals surface area contributed by atoms with Crippen molar-refractivity contribution in [2.24, 2.45) is 0 Å². The molecule has 0 spiro atoms. The van der Waals surface area contributed by atoms with Crippen LogP contribution in [0.15, 0.2) is 72.8 Å². The molecule has 5 rings (SSSR count). The number of hydrogen-bond donors (Lipinski definition) is 3. The van der Waals surface area contributed by atoms with Gasteiger partial charge in [-0.05, 0) is 100.0 Å². The SMILES string of the molecule is COc1ccc(CC(C)(C)NCC(O)C2CCCCN2Cc2ccccc2C#N)cc1.N#Cc1ccccc1CN1CCCCC1CO. The van der Waals surface area contributed by atoms with Gasteiger partial charge in [-0.3, -0.25) is 9.80 Å². The number of nitrogens with one attached hydrogen (secondary N) is 1. The Morgan fingerprint density at radius 3 is 1.98 bits per heavy atom. The van der Waals surface area contributed by atoms with Crippen LogP contribution in [0.4, 0.5) is 0 Å². The van der Waals surface area contributed by atoms with Crippen molar-refractivity contribution >= 4 is 0 Å². The van der Waals surface area contributed by atoms with Gasteiger partial charge in [0.2, 0.25) is 0 Å². The minimum absolute atomic E-state index is 0.102. The zero-order valence-corrected chi connectivity index (χ0v) is 28.9. The topological polar surface area (TPSA) is 116 Å². The smallest absolute Gasteiger partial charge is 0.118 e. The number of rotatable bonds is 12. The third-order valence-electron chi connectivity index (χ3n) is 9.69. The van der Waals surface area contributed by atoms with Crippen LogP contribution in [-0.2, 0) is 19.5 Å². The standard InChI is InChI=1S/C26H35N3O2.C14H18N2O/c1-26(2,16-20-11-13-23(31-3)14-12-20)28-18-25(30)24-10-6-7-15-29(24)19-22-9-5-4-8-21(22)17-27;15-9-12-5-1-2-6-13(12)10-16-8-4-3-7-14(16)11-17/h4-5,8-9,11-14,24-25,28,30H,6-7,10,15-16,18-19H2,1-3H3;1-2,5-6,14,17H,3-4,7-8,10-11H2. The monoisotopic (exact) mass is 651 g/mol. The van der Waals surface area contributed by atoms with Crippen LogP contribution in [0.25, 0.3) is 0 Å². The Hall–Kier alpha value is -3.76. The van der Waals surface area contributed by atoms with E-state index < -0.39 is 6.10 Å². The van der Waals surface area contributed by atoms with Gasteiger partial charge in [-0.2, -0.15) is 10.5 Å². The number of piperidine rings is 2. The fraction of sp³-hybridized carbons (Fsp3) is 0.500. The number of nitrogens with zero attached hydrogens (tertiary/aromatic N) is 4. The van der Waals surface area contributed by atoms with Gasteiger partial charge in [-0.25, -0.2) is 0 Å². The average Bonchev–Trinajstić information content (AvgIpc) is 3.12. The molecule has 3 N–H and O–H groups in total. The molecule has 3 unspecified atom stereocenters. The van der Waals surface area contributed by atoms with E-state index in [1.807, 2.05) is 60.7 Å². The first-order valence-corrected chi connectivity index (χ1v) is 17.4. The van der Waals surface area contributed by atoms with E-state index in [2.05, 4.69) is 53.2 Å². The summed E-state index contributed by atoms with van der Waals surface area (Å²) in [5.74, 6) is 0.861. The lowest BCUT2D eigenvalue weighted by Gasteiger charge is -2.40. The van der Waals surface area contributed by atoms with Gasteiger partial charge >= 0.3 is 0 Å². The van der Waals surface area contributed by atoms with E-state index in [1.165, 1.54) is 18.4 Å². The molecule has 0 bridgehead atoms. The maximum absolute atomic E-state index is 11.1. The second-order valence-corrected chi connectivity index (χ2v) is 13.7. The van der Waals surface area contributed by atoms with Crippen molar-refractivity contribution in [3.63, 3.8) is 0 Å². The number of likely N-dealkylation sites (tertiary alicyclic amines) is 2. The van der Waals surface area contributed by atoms with E-state index in [0.29, 0.717) is 13.1 Å². The van der Waals surface area contributed by atoms with Gasteiger partial charge in [0.25, 0.3) is 0 Å². The van der Waals surface area contributed by atoms with E-state index in [-0.39, 0.29) is 24.2 Å². The summed E-state index contributed by atoms with van der Waals surface area (Å²) in [6.07, 6.45) is 7.11. The predicted molar refractivity (Wildman–Crippen MR) is 190 cm³/mol. The van der Waals surface area contributed by atoms with E-state index in [9.17, 15) is 15.5 Å². The van der Waals surface area contributed by atoms with Crippen molar-refractivity contribution < 1.29 is 14.9 Å². The molecule has 3 aromatic rings. The molecule has 3 atom stereocenters. The van der Waals surface area contributed by atoms with Gasteiger partial charge in [0, 0.05) is 37.3 Å². The minimum Gasteiger partial charge on any atom is -0.497 e. The fourth-order valence-electron chi connectivity index (χ4n) is 6.93. The number of hydrogen-bond acceptors (Lipinski definition) is 8. The zero-order chi connectivity index (χ0) is 34.4. The van der Waals surface area contributed by atoms with E-state index >= 15 is 0 Å². The predicted octanol–water partition coefficient (Wildman–Crippen LogP) is 5.80. The molecule has 0 radical (unpaired) electrons. The molecule has 0 saturated carbocycles. The summed E-state index contributed by atoms with van der Waals surface area (Å²) in [6.45, 7) is 8.56. The van der Waals surface area contributed by atoms with Crippen molar-refractivity contribution in [2.45, 2.75) is 95.6 Å². The number of methoxy groups -OCH3 is 1. The summed E-state index contributed by atoms with van der Waals surface area (Å²) < 4.78 is 5.24. The molecule has 0 aliphatic carbocycles. The number of nitriles is 2. The Labute approximate surface area is 287 Å². The van der Waals surface area contributed by atoms with Crippen LogP contribution in [0, 0.1) is 22.7 Å². The minimum atomic E-state index is -0.454. The Morgan fingerprint density at radius 2 is 1.40 bits per heavy atom. The molecular formula is C40H53N5O3. The van der Waals surface area contributed by atoms with E-state index in [4.69, 9.17) is 10.00 Å². The van der Waals surface area contributed by atoms with Crippen LogP contribution in [0.3, 0.4) is 0 Å². The van der Waals surface area contributed by atoms with Gasteiger partial charge in [0.1, 0.15) is 5.75 Å². The van der Waals surface area contributed by atoms with E-state index in [1.54, 1.807) is 7.11 Å². The number of benzene rings is 3. The third kappa shape index (κ3) is 10.9. The van der Waals surface area contributed by atoms with E-state index in [0.717, 1.165) is 79.7 Å². The second-order valence-electron chi connectivity index (χ2n) is 13.7. The van der Waals surface area contributed by atoms with Crippen LogP contribution in [0.2, 0.25) is 0 Å². The van der Waals surface area contributed by atoms with Crippen LogP contribution in [-0.4, -0.2) is 77.1 Å². The van der Waals surface area contributed by atoms with Crippen LogP contribution in [0.1, 0.15) is 80.2 Å². The van der Waals surface area contributed by atoms with Gasteiger partial charge in [0.15, 0.2) is 0 Å². The summed E-state index contributed by atoms with van der Waals surface area (Å²) in [7, 11) is 1.68. The molecule has 0 aromatic heterocycles. The summed E-state index contributed by atoms with van der Waals surface area (Å²) in [5.41, 5.74) is 4.67. The number of ether oxygens (including phenoxy) is 1. The largest absolute Gasteiger partial charge is 0.497 e. The van der Waals surface area contributed by atoms with Crippen LogP contribution in [0.5, 0.6) is 5.75 Å². The Kier molecular flexibility index (Phi) is 14.4. The lowest BCUT2D eigenvalue weighted by molar-refractivity contribution is 0.0183. The first-order chi connectivity index (χ1) is 23.3. The highest BCUT2D eigenvalue weighted by atomic mass is 16.5. The lowest BCUT2D eigenvalue weighted by atomic mass is 9.92. The van der Waals surface area contributed by atoms with Crippen molar-refractivity contribution in [2.75, 3.05) is 33.4 Å². The molecule has 2 saturated heterocycles. The van der Waals surface area contributed by atoms with Gasteiger partial charge in [-0.1, -0.05) is 61.4 Å². The Bertz CT molecular complexity index is 1500. The van der Waals surface area contributed by atoms with Crippen molar-refractivity contribution in [3.8, 4) is 17.9 Å². The molecule has 256 valence electrons. The van der Waals surface area contributed by atoms with Crippen molar-refractivity contribution in [1.29, 1.82) is 10.5 Å². The maximum Gasteiger partial charge on any atom is 0.118 e. The Balaban J connectivity index is 0.000000257. The highest BCUT2D eigenvalue weighted by Crippen LogP contribution is 2.25. The average molecular weight is 652 g/mol. The fourth-order valence-corrected chi connectivity index (χ4v) is 6.93. The quantitative estimate of drug-likeness (QED) is 0.225. The highest BCUT2D eigenvalue weighted by molar-refractivity contribution is 5.38. The molecule has 2 heterocycles. The van der Waals surface area contributed by atoms with Crippen molar-refractivity contribution in [3.05, 3.63) is 101 Å². The normalized spacial score (nSPS) is 19.3. The van der Waals surface area contributed by atoms with Crippen LogP contribution >= 0.6 is 0 Å². The first kappa shape index (κ1) is 37.1. The molecule has 8 nitrogen and oxygen atoms in total. The third-order valence-corrected chi connectivity index (χ3v) is 9.69. The summed E-state index contributed by atoms with van der Waals surface area (Å²) in [5, 5.41) is 42.5. The number of aliphatic hydroxyl groups excluding tert-OH is 2. The zero-order valence-electron chi connectivity index (χ0n) is 28.9. The molecule has 48 heavy (non-hydrogen) atoms. The summed E-state index contributed by atoms with van der Waals surface area (Å²) >= 11 is 0. The number of β-amino-alcohol motifs (C(OH)–C–C–N with tert-alkyl or cyclic N) is 1. The molecule has 0 amide bonds. The second kappa shape index (κ2) is 18.7. The highest BCUT2D eigenvalue weighted by Gasteiger charge is 2.30. The molecule has 2 fully saturated rings. The maximum atomic E-state index is 11.1. The summed E-state index contributed by atoms with van der Waals surface area (Å²) in [4.78, 5) is 4.64. The van der Waals surface area contributed by atoms with Gasteiger partial charge < -0.3 is 20.3 Å². The van der Waals surface area contributed by atoms with Crippen LogP contribution < -0.4 is 10.1 Å². The molecule has 8 heteroatoms.